The van der Waals surface area contributed by atoms with E-state index in [2.05, 4.69) is 4.98 Å². The zero-order valence-corrected chi connectivity index (χ0v) is 9.60. The van der Waals surface area contributed by atoms with E-state index in [9.17, 15) is 0 Å². The van der Waals surface area contributed by atoms with Crippen molar-refractivity contribution >= 4 is 29.1 Å². The molecule has 0 saturated carbocycles. The van der Waals surface area contributed by atoms with Crippen LogP contribution in [0.3, 0.4) is 0 Å². The molecule has 0 aromatic carbocycles. The van der Waals surface area contributed by atoms with Gasteiger partial charge in [0, 0.05) is 0 Å². The smallest absolute Gasteiger partial charge is 0.130 e. The lowest BCUT2D eigenvalue weighted by Crippen LogP contribution is -1.91. The van der Waals surface area contributed by atoms with Crippen molar-refractivity contribution < 1.29 is 4.42 Å². The number of hydrogen-bond acceptors (Lipinski definition) is 4. The van der Waals surface area contributed by atoms with Crippen molar-refractivity contribution in [2.24, 2.45) is 0 Å². The van der Waals surface area contributed by atoms with Crippen molar-refractivity contribution in [3.8, 4) is 0 Å². The monoisotopic (exact) mass is 240 g/mol. The van der Waals surface area contributed by atoms with E-state index in [1.54, 1.807) is 18.4 Å². The number of hydrogen-bond donors (Lipinski definition) is 1. The fraction of sp³-hybridized carbons (Fsp3) is 0.100. The third-order valence-electron chi connectivity index (χ3n) is 1.87. The van der Waals surface area contributed by atoms with Crippen LogP contribution in [-0.4, -0.2) is 4.98 Å². The second-order valence-corrected chi connectivity index (χ2v) is 4.39. The standard InChI is InChI=1S/C10H9ClN2OS/c1-6-8(4-5-14-6)15-10-7(12)2-3-9(11)13-10/h2-5H,12H2,1H3. The quantitative estimate of drug-likeness (QED) is 0.818. The molecule has 5 heteroatoms. The Balaban J connectivity index is 2.32. The van der Waals surface area contributed by atoms with E-state index < -0.39 is 0 Å². The molecule has 2 rings (SSSR count). The third-order valence-corrected chi connectivity index (χ3v) is 3.25. The zero-order valence-electron chi connectivity index (χ0n) is 8.03. The number of halogens is 1. The Kier molecular flexibility index (Phi) is 2.88. The maximum Gasteiger partial charge on any atom is 0.130 e. The van der Waals surface area contributed by atoms with Gasteiger partial charge in [-0.1, -0.05) is 23.4 Å². The van der Waals surface area contributed by atoms with Gasteiger partial charge in [0.15, 0.2) is 0 Å². The summed E-state index contributed by atoms with van der Waals surface area (Å²) in [5, 5.41) is 1.14. The number of aryl methyl sites for hydroxylation is 1. The van der Waals surface area contributed by atoms with E-state index in [-0.39, 0.29) is 0 Å². The van der Waals surface area contributed by atoms with Crippen LogP contribution in [0.1, 0.15) is 5.76 Å². The molecule has 2 aromatic rings. The summed E-state index contributed by atoms with van der Waals surface area (Å²) >= 11 is 7.24. The summed E-state index contributed by atoms with van der Waals surface area (Å²) in [5.41, 5.74) is 6.40. The van der Waals surface area contributed by atoms with Crippen LogP contribution < -0.4 is 5.73 Å². The van der Waals surface area contributed by atoms with Crippen LogP contribution in [0.2, 0.25) is 5.15 Å². The summed E-state index contributed by atoms with van der Waals surface area (Å²) in [6.45, 7) is 1.89. The molecule has 2 N–H and O–H groups in total. The normalized spacial score (nSPS) is 10.5. The molecule has 0 aliphatic heterocycles. The number of nitrogens with zero attached hydrogens (tertiary/aromatic N) is 1. The highest BCUT2D eigenvalue weighted by Gasteiger charge is 2.08. The highest BCUT2D eigenvalue weighted by Crippen LogP contribution is 2.33. The Bertz CT molecular complexity index is 484. The summed E-state index contributed by atoms with van der Waals surface area (Å²) in [7, 11) is 0. The van der Waals surface area contributed by atoms with Crippen LogP contribution in [0.5, 0.6) is 0 Å². The minimum atomic E-state index is 0.438. The van der Waals surface area contributed by atoms with Crippen molar-refractivity contribution in [3.05, 3.63) is 35.4 Å². The fourth-order valence-electron chi connectivity index (χ4n) is 1.09. The second kappa shape index (κ2) is 4.16. The van der Waals surface area contributed by atoms with E-state index >= 15 is 0 Å². The van der Waals surface area contributed by atoms with Crippen molar-refractivity contribution in [1.82, 2.24) is 4.98 Å². The topological polar surface area (TPSA) is 52.0 Å². The number of rotatable bonds is 2. The van der Waals surface area contributed by atoms with E-state index in [4.69, 9.17) is 21.8 Å². The molecule has 2 heterocycles. The lowest BCUT2D eigenvalue weighted by molar-refractivity contribution is 0.527. The van der Waals surface area contributed by atoms with Gasteiger partial charge in [-0.2, -0.15) is 0 Å². The van der Waals surface area contributed by atoms with E-state index in [1.807, 2.05) is 13.0 Å². The molecule has 3 nitrogen and oxygen atoms in total. The molecule has 0 fully saturated rings. The summed E-state index contributed by atoms with van der Waals surface area (Å²) in [5.74, 6) is 0.848. The highest BCUT2D eigenvalue weighted by molar-refractivity contribution is 7.99. The summed E-state index contributed by atoms with van der Waals surface area (Å²) in [6.07, 6.45) is 1.64. The fourth-order valence-corrected chi connectivity index (χ4v) is 2.15. The van der Waals surface area contributed by atoms with Crippen LogP contribution in [0.15, 0.2) is 38.8 Å². The van der Waals surface area contributed by atoms with Crippen LogP contribution in [-0.2, 0) is 0 Å². The Hall–Kier alpha value is -1.13. The molecule has 0 radical (unpaired) electrons. The molecule has 0 aliphatic carbocycles. The first-order chi connectivity index (χ1) is 7.16. The summed E-state index contributed by atoms with van der Waals surface area (Å²) < 4.78 is 5.18. The number of aromatic nitrogens is 1. The van der Waals surface area contributed by atoms with Gasteiger partial charge in [-0.15, -0.1) is 0 Å². The lowest BCUT2D eigenvalue weighted by atomic mass is 10.4. The second-order valence-electron chi connectivity index (χ2n) is 2.97. The molecule has 2 aromatic heterocycles. The van der Waals surface area contributed by atoms with Crippen LogP contribution >= 0.6 is 23.4 Å². The predicted octanol–water partition coefficient (Wildman–Crippen LogP) is 3.37. The molecule has 0 atom stereocenters. The molecule has 15 heavy (non-hydrogen) atoms. The maximum atomic E-state index is 5.79. The first kappa shape index (κ1) is 10.4. The summed E-state index contributed by atoms with van der Waals surface area (Å²) in [4.78, 5) is 5.15. The Morgan fingerprint density at radius 3 is 2.87 bits per heavy atom. The average molecular weight is 241 g/mol. The SMILES string of the molecule is Cc1occc1Sc1nc(Cl)ccc1N. The maximum absolute atomic E-state index is 5.79. The molecule has 0 saturated heterocycles. The molecular weight excluding hydrogens is 232 g/mol. The van der Waals surface area contributed by atoms with E-state index in [0.29, 0.717) is 15.9 Å². The van der Waals surface area contributed by atoms with Crippen LogP contribution in [0.25, 0.3) is 0 Å². The minimum Gasteiger partial charge on any atom is -0.468 e. The largest absolute Gasteiger partial charge is 0.468 e. The first-order valence-electron chi connectivity index (χ1n) is 4.31. The molecule has 0 unspecified atom stereocenters. The zero-order chi connectivity index (χ0) is 10.8. The Morgan fingerprint density at radius 1 is 1.40 bits per heavy atom. The van der Waals surface area contributed by atoms with Gasteiger partial charge in [0.25, 0.3) is 0 Å². The number of anilines is 1. The van der Waals surface area contributed by atoms with Gasteiger partial charge in [-0.25, -0.2) is 4.98 Å². The molecule has 0 aliphatic rings. The van der Waals surface area contributed by atoms with Crippen molar-refractivity contribution in [2.45, 2.75) is 16.8 Å². The van der Waals surface area contributed by atoms with Crippen LogP contribution in [0, 0.1) is 6.92 Å². The lowest BCUT2D eigenvalue weighted by Gasteiger charge is -2.03. The number of nitrogens with two attached hydrogens (primary N) is 1. The van der Waals surface area contributed by atoms with Gasteiger partial charge in [-0.05, 0) is 25.1 Å². The Morgan fingerprint density at radius 2 is 2.20 bits per heavy atom. The highest BCUT2D eigenvalue weighted by atomic mass is 35.5. The Labute approximate surface area is 96.6 Å². The van der Waals surface area contributed by atoms with Crippen LogP contribution in [0.4, 0.5) is 5.69 Å². The van der Waals surface area contributed by atoms with Crippen molar-refractivity contribution in [2.75, 3.05) is 5.73 Å². The average Bonchev–Trinajstić information content (AvgIpc) is 2.58. The number of furan rings is 1. The van der Waals surface area contributed by atoms with Gasteiger partial charge >= 0.3 is 0 Å². The van der Waals surface area contributed by atoms with Gasteiger partial charge in [0.1, 0.15) is 15.9 Å². The number of nitrogen functional groups attached to an aromatic ring is 1. The van der Waals surface area contributed by atoms with E-state index in [0.717, 1.165) is 10.7 Å². The van der Waals surface area contributed by atoms with Gasteiger partial charge in [-0.3, -0.25) is 0 Å². The van der Waals surface area contributed by atoms with Gasteiger partial charge in [0.05, 0.1) is 16.8 Å². The molecule has 0 bridgehead atoms. The van der Waals surface area contributed by atoms with Crippen molar-refractivity contribution in [3.63, 3.8) is 0 Å². The van der Waals surface area contributed by atoms with Gasteiger partial charge < -0.3 is 10.2 Å². The summed E-state index contributed by atoms with van der Waals surface area (Å²) in [6, 6.07) is 5.29. The predicted molar refractivity (Wildman–Crippen MR) is 61.2 cm³/mol. The van der Waals surface area contributed by atoms with Crippen molar-refractivity contribution in [1.29, 1.82) is 0 Å². The van der Waals surface area contributed by atoms with E-state index in [1.165, 1.54) is 11.8 Å². The third kappa shape index (κ3) is 2.27. The molecule has 0 spiro atoms. The van der Waals surface area contributed by atoms with Gasteiger partial charge in [0.2, 0.25) is 0 Å². The molecular formula is C10H9ClN2OS. The number of pyridine rings is 1. The molecule has 0 amide bonds. The molecule has 78 valence electrons. The minimum absolute atomic E-state index is 0.438. The first-order valence-corrected chi connectivity index (χ1v) is 5.50.